The third-order valence-electron chi connectivity index (χ3n) is 2.63. The van der Waals surface area contributed by atoms with E-state index in [1.165, 1.54) is 12.1 Å². The van der Waals surface area contributed by atoms with Crippen LogP contribution in [0.5, 0.6) is 0 Å². The van der Waals surface area contributed by atoms with Gasteiger partial charge in [-0.15, -0.1) is 0 Å². The molecular weight excluding hydrogens is 257 g/mol. The lowest BCUT2D eigenvalue weighted by atomic mass is 10.0. The molecule has 0 aliphatic carbocycles. The van der Waals surface area contributed by atoms with Crippen LogP contribution >= 0.6 is 0 Å². The number of alkyl halides is 3. The Labute approximate surface area is 110 Å². The topological polar surface area (TPSA) is 55.1 Å². The van der Waals surface area contributed by atoms with E-state index in [1.807, 2.05) is 0 Å². The minimum Gasteiger partial charge on any atom is -0.352 e. The van der Waals surface area contributed by atoms with Gasteiger partial charge in [0.2, 0.25) is 5.91 Å². The van der Waals surface area contributed by atoms with Crippen LogP contribution in [0.25, 0.3) is 0 Å². The predicted octanol–water partition coefficient (Wildman–Crippen LogP) is 2.10. The van der Waals surface area contributed by atoms with Crippen LogP contribution in [0.2, 0.25) is 0 Å². The number of rotatable bonds is 4. The molecule has 2 atom stereocenters. The van der Waals surface area contributed by atoms with Gasteiger partial charge in [-0.25, -0.2) is 0 Å². The second-order valence-corrected chi connectivity index (χ2v) is 4.60. The number of hydrogen-bond acceptors (Lipinski definition) is 2. The molecule has 0 heterocycles. The van der Waals surface area contributed by atoms with Crippen molar-refractivity contribution < 1.29 is 18.0 Å². The van der Waals surface area contributed by atoms with Gasteiger partial charge in [0, 0.05) is 6.04 Å². The first kappa shape index (κ1) is 15.5. The second kappa shape index (κ2) is 6.06. The van der Waals surface area contributed by atoms with E-state index in [0.29, 0.717) is 6.42 Å². The van der Waals surface area contributed by atoms with Crippen molar-refractivity contribution in [3.05, 3.63) is 35.4 Å². The fraction of sp³-hybridized carbons (Fsp3) is 0.462. The van der Waals surface area contributed by atoms with Crippen LogP contribution in [0.3, 0.4) is 0 Å². The van der Waals surface area contributed by atoms with Gasteiger partial charge < -0.3 is 11.1 Å². The van der Waals surface area contributed by atoms with E-state index in [0.717, 1.165) is 17.7 Å². The quantitative estimate of drug-likeness (QED) is 0.883. The lowest BCUT2D eigenvalue weighted by molar-refractivity contribution is -0.137. The fourth-order valence-electron chi connectivity index (χ4n) is 1.61. The largest absolute Gasteiger partial charge is 0.416 e. The third-order valence-corrected chi connectivity index (χ3v) is 2.63. The molecule has 1 aromatic rings. The summed E-state index contributed by atoms with van der Waals surface area (Å²) in [5, 5.41) is 2.69. The van der Waals surface area contributed by atoms with Gasteiger partial charge in [0.15, 0.2) is 0 Å². The summed E-state index contributed by atoms with van der Waals surface area (Å²) >= 11 is 0. The predicted molar refractivity (Wildman–Crippen MR) is 66.4 cm³/mol. The van der Waals surface area contributed by atoms with E-state index in [1.54, 1.807) is 13.8 Å². The van der Waals surface area contributed by atoms with E-state index in [4.69, 9.17) is 5.73 Å². The maximum absolute atomic E-state index is 12.4. The Morgan fingerprint density at radius 2 is 1.79 bits per heavy atom. The van der Waals surface area contributed by atoms with Crippen molar-refractivity contribution >= 4 is 5.91 Å². The number of benzene rings is 1. The van der Waals surface area contributed by atoms with Crippen molar-refractivity contribution in [2.24, 2.45) is 5.73 Å². The zero-order valence-corrected chi connectivity index (χ0v) is 10.8. The second-order valence-electron chi connectivity index (χ2n) is 4.60. The highest BCUT2D eigenvalue weighted by molar-refractivity contribution is 5.81. The molecule has 0 fully saturated rings. The zero-order valence-electron chi connectivity index (χ0n) is 10.8. The van der Waals surface area contributed by atoms with Crippen molar-refractivity contribution in [3.63, 3.8) is 0 Å². The Hall–Kier alpha value is -1.56. The van der Waals surface area contributed by atoms with Gasteiger partial charge >= 0.3 is 6.18 Å². The minimum atomic E-state index is -4.33. The number of carbonyl (C=O) groups is 1. The summed E-state index contributed by atoms with van der Waals surface area (Å²) in [6.45, 7) is 3.35. The molecule has 0 saturated heterocycles. The van der Waals surface area contributed by atoms with Crippen molar-refractivity contribution in [2.45, 2.75) is 38.5 Å². The standard InChI is InChI=1S/C13H17F3N2O/c1-8(18-12(19)9(2)17)7-10-3-5-11(6-4-10)13(14,15)16/h3-6,8-9H,7,17H2,1-2H3,(H,18,19)/t8?,9-/m1/s1. The molecule has 6 heteroatoms. The van der Waals surface area contributed by atoms with Crippen LogP contribution in [0.4, 0.5) is 13.2 Å². The molecule has 0 spiro atoms. The lowest BCUT2D eigenvalue weighted by Crippen LogP contribution is -2.43. The number of carbonyl (C=O) groups excluding carboxylic acids is 1. The summed E-state index contributed by atoms with van der Waals surface area (Å²) in [5.41, 5.74) is 5.46. The van der Waals surface area contributed by atoms with Crippen LogP contribution in [0, 0.1) is 0 Å². The SMILES string of the molecule is CC(Cc1ccc(C(F)(F)F)cc1)NC(=O)[C@@H](C)N. The number of hydrogen-bond donors (Lipinski definition) is 2. The Balaban J connectivity index is 2.61. The molecule has 3 N–H and O–H groups in total. The van der Waals surface area contributed by atoms with Crippen molar-refractivity contribution in [3.8, 4) is 0 Å². The number of nitrogens with two attached hydrogens (primary N) is 1. The molecule has 0 saturated carbocycles. The van der Waals surface area contributed by atoms with Gasteiger partial charge in [0.25, 0.3) is 0 Å². The van der Waals surface area contributed by atoms with E-state index >= 15 is 0 Å². The van der Waals surface area contributed by atoms with E-state index in [2.05, 4.69) is 5.32 Å². The summed E-state index contributed by atoms with van der Waals surface area (Å²) in [6.07, 6.45) is -3.87. The van der Waals surface area contributed by atoms with Crippen molar-refractivity contribution in [2.75, 3.05) is 0 Å². The third kappa shape index (κ3) is 4.90. The smallest absolute Gasteiger partial charge is 0.352 e. The summed E-state index contributed by atoms with van der Waals surface area (Å²) in [4.78, 5) is 11.3. The van der Waals surface area contributed by atoms with Crippen LogP contribution < -0.4 is 11.1 Å². The summed E-state index contributed by atoms with van der Waals surface area (Å²) in [7, 11) is 0. The Morgan fingerprint density at radius 1 is 1.26 bits per heavy atom. The van der Waals surface area contributed by atoms with Gasteiger partial charge in [-0.05, 0) is 38.0 Å². The highest BCUT2D eigenvalue weighted by Crippen LogP contribution is 2.29. The van der Waals surface area contributed by atoms with Crippen molar-refractivity contribution in [1.29, 1.82) is 0 Å². The first-order chi connectivity index (χ1) is 8.70. The average molecular weight is 274 g/mol. The Bertz CT molecular complexity index is 427. The highest BCUT2D eigenvalue weighted by Gasteiger charge is 2.29. The molecule has 1 unspecified atom stereocenters. The maximum atomic E-state index is 12.4. The molecule has 1 aromatic carbocycles. The fourth-order valence-corrected chi connectivity index (χ4v) is 1.61. The maximum Gasteiger partial charge on any atom is 0.416 e. The first-order valence-electron chi connectivity index (χ1n) is 5.92. The first-order valence-corrected chi connectivity index (χ1v) is 5.92. The van der Waals surface area contributed by atoms with Crippen molar-refractivity contribution in [1.82, 2.24) is 5.32 Å². The molecule has 0 aromatic heterocycles. The summed E-state index contributed by atoms with van der Waals surface area (Å²) < 4.78 is 37.1. The molecule has 0 aliphatic heterocycles. The molecule has 19 heavy (non-hydrogen) atoms. The monoisotopic (exact) mass is 274 g/mol. The van der Waals surface area contributed by atoms with Gasteiger partial charge in [-0.1, -0.05) is 12.1 Å². The molecule has 106 valence electrons. The molecule has 0 aliphatic rings. The van der Waals surface area contributed by atoms with E-state index in [9.17, 15) is 18.0 Å². The minimum absolute atomic E-state index is 0.185. The van der Waals surface area contributed by atoms with E-state index in [-0.39, 0.29) is 11.9 Å². The molecule has 0 bridgehead atoms. The normalized spacial score (nSPS) is 14.8. The van der Waals surface area contributed by atoms with E-state index < -0.39 is 17.8 Å². The Kier molecular flexibility index (Phi) is 4.94. The van der Waals surface area contributed by atoms with Gasteiger partial charge in [0.05, 0.1) is 11.6 Å². The average Bonchev–Trinajstić information content (AvgIpc) is 2.28. The number of halogens is 3. The molecule has 1 rings (SSSR count). The van der Waals surface area contributed by atoms with Crippen LogP contribution in [-0.2, 0) is 17.4 Å². The molecule has 1 amide bonds. The number of nitrogens with one attached hydrogen (secondary N) is 1. The van der Waals surface area contributed by atoms with Crippen LogP contribution in [-0.4, -0.2) is 18.0 Å². The molecule has 0 radical (unpaired) electrons. The lowest BCUT2D eigenvalue weighted by Gasteiger charge is -2.16. The van der Waals surface area contributed by atoms with Gasteiger partial charge in [0.1, 0.15) is 0 Å². The van der Waals surface area contributed by atoms with Crippen LogP contribution in [0.1, 0.15) is 25.0 Å². The summed E-state index contributed by atoms with van der Waals surface area (Å²) in [5.74, 6) is -0.278. The zero-order chi connectivity index (χ0) is 14.6. The summed E-state index contributed by atoms with van der Waals surface area (Å²) in [6, 6.07) is 4.12. The van der Waals surface area contributed by atoms with Crippen LogP contribution in [0.15, 0.2) is 24.3 Å². The number of amides is 1. The Morgan fingerprint density at radius 3 is 2.21 bits per heavy atom. The van der Waals surface area contributed by atoms with Gasteiger partial charge in [-0.3, -0.25) is 4.79 Å². The highest BCUT2D eigenvalue weighted by atomic mass is 19.4. The molecule has 3 nitrogen and oxygen atoms in total. The van der Waals surface area contributed by atoms with Gasteiger partial charge in [-0.2, -0.15) is 13.2 Å². The molecular formula is C13H17F3N2O.